The fraction of sp³-hybridized carbons (Fsp3) is 0.333. The van der Waals surface area contributed by atoms with Gasteiger partial charge in [0.15, 0.2) is 0 Å². The molecule has 1 aromatic heterocycles. The van der Waals surface area contributed by atoms with Crippen molar-refractivity contribution in [1.29, 1.82) is 0 Å². The van der Waals surface area contributed by atoms with Gasteiger partial charge < -0.3 is 15.2 Å². The minimum Gasteiger partial charge on any atom is -0.371 e. The number of benzene rings is 2. The summed E-state index contributed by atoms with van der Waals surface area (Å²) in [5.74, 6) is 0.0725. The Labute approximate surface area is 162 Å². The number of fused-ring (bicyclic) bond motifs is 1. The van der Waals surface area contributed by atoms with Crippen LogP contribution in [0.25, 0.3) is 11.0 Å². The van der Waals surface area contributed by atoms with Gasteiger partial charge in [0.25, 0.3) is 0 Å². The summed E-state index contributed by atoms with van der Waals surface area (Å²) in [6, 6.07) is 14.0. The Bertz CT molecular complexity index is 1020. The van der Waals surface area contributed by atoms with Crippen LogP contribution in [0.3, 0.4) is 0 Å². The van der Waals surface area contributed by atoms with Crippen LogP contribution in [-0.2, 0) is 11.3 Å². The fourth-order valence-electron chi connectivity index (χ4n) is 3.77. The van der Waals surface area contributed by atoms with Crippen molar-refractivity contribution >= 4 is 22.6 Å². The highest BCUT2D eigenvalue weighted by Gasteiger charge is 2.23. The summed E-state index contributed by atoms with van der Waals surface area (Å²) < 4.78 is 14.7. The van der Waals surface area contributed by atoms with Crippen molar-refractivity contribution in [3.63, 3.8) is 0 Å². The van der Waals surface area contributed by atoms with Gasteiger partial charge in [-0.15, -0.1) is 0 Å². The first-order chi connectivity index (χ1) is 13.6. The van der Waals surface area contributed by atoms with Gasteiger partial charge in [-0.2, -0.15) is 0 Å². The van der Waals surface area contributed by atoms with Crippen LogP contribution < -0.4 is 15.9 Å². The van der Waals surface area contributed by atoms with Crippen molar-refractivity contribution in [2.24, 2.45) is 5.92 Å². The van der Waals surface area contributed by atoms with Crippen LogP contribution in [0.5, 0.6) is 0 Å². The first-order valence-electron chi connectivity index (χ1n) is 9.55. The minimum atomic E-state index is -0.235. The molecule has 0 saturated carbocycles. The third-order valence-electron chi connectivity index (χ3n) is 5.31. The average Bonchev–Trinajstić information content (AvgIpc) is 3.29. The van der Waals surface area contributed by atoms with Crippen LogP contribution >= 0.6 is 0 Å². The number of nitrogens with one attached hydrogen (secondary N) is 2. The van der Waals surface area contributed by atoms with Gasteiger partial charge in [0, 0.05) is 38.3 Å². The van der Waals surface area contributed by atoms with Gasteiger partial charge in [-0.1, -0.05) is 12.1 Å². The predicted octanol–water partition coefficient (Wildman–Crippen LogP) is 2.50. The number of carbonyl (C=O) groups is 1. The van der Waals surface area contributed by atoms with E-state index in [2.05, 4.69) is 15.2 Å². The molecule has 1 fully saturated rings. The highest BCUT2D eigenvalue weighted by atomic mass is 19.1. The lowest BCUT2D eigenvalue weighted by atomic mass is 10.1. The number of hydrogen-bond donors (Lipinski definition) is 2. The number of imidazole rings is 1. The molecular weight excluding hydrogens is 359 g/mol. The van der Waals surface area contributed by atoms with Crippen molar-refractivity contribution in [2.45, 2.75) is 19.4 Å². The van der Waals surface area contributed by atoms with E-state index in [0.717, 1.165) is 36.2 Å². The van der Waals surface area contributed by atoms with E-state index in [1.807, 2.05) is 24.3 Å². The summed E-state index contributed by atoms with van der Waals surface area (Å²) in [6.07, 6.45) is 1.25. The highest BCUT2D eigenvalue weighted by molar-refractivity contribution is 5.77. The number of halogens is 1. The number of rotatable bonds is 6. The Morgan fingerprint density at radius 2 is 1.96 bits per heavy atom. The van der Waals surface area contributed by atoms with E-state index in [-0.39, 0.29) is 23.8 Å². The van der Waals surface area contributed by atoms with Crippen molar-refractivity contribution < 1.29 is 9.18 Å². The van der Waals surface area contributed by atoms with Gasteiger partial charge in [-0.05, 0) is 48.7 Å². The number of H-pyrrole nitrogens is 1. The van der Waals surface area contributed by atoms with Crippen LogP contribution in [0.1, 0.15) is 12.8 Å². The first kappa shape index (κ1) is 18.3. The molecule has 0 bridgehead atoms. The molecule has 0 aliphatic carbocycles. The van der Waals surface area contributed by atoms with E-state index < -0.39 is 0 Å². The van der Waals surface area contributed by atoms with Gasteiger partial charge in [0.05, 0.1) is 11.0 Å². The van der Waals surface area contributed by atoms with Crippen molar-refractivity contribution in [1.82, 2.24) is 14.9 Å². The third-order valence-corrected chi connectivity index (χ3v) is 5.31. The number of para-hydroxylation sites is 2. The molecule has 0 unspecified atom stereocenters. The standard InChI is InChI=1S/C21H23FN4O2/c22-16-5-7-17(8-6-16)25-11-9-15(14-25)13-23-20(27)10-12-26-19-4-2-1-3-18(19)24-21(26)28/h1-8,15H,9-14H2,(H,23,27)(H,24,28)/t15-/m0/s1. The highest BCUT2D eigenvalue weighted by Crippen LogP contribution is 2.23. The molecule has 3 aromatic rings. The fourth-order valence-corrected chi connectivity index (χ4v) is 3.77. The summed E-state index contributed by atoms with van der Waals surface area (Å²) in [7, 11) is 0. The lowest BCUT2D eigenvalue weighted by Crippen LogP contribution is -2.32. The molecule has 6 nitrogen and oxygen atoms in total. The summed E-state index contributed by atoms with van der Waals surface area (Å²) in [5.41, 5.74) is 2.40. The van der Waals surface area contributed by atoms with Crippen LogP contribution in [-0.4, -0.2) is 35.1 Å². The first-order valence-corrected chi connectivity index (χ1v) is 9.55. The minimum absolute atomic E-state index is 0.0580. The van der Waals surface area contributed by atoms with E-state index in [1.54, 1.807) is 16.7 Å². The SMILES string of the molecule is O=C(CCn1c(=O)[nH]c2ccccc21)NC[C@@H]1CCN(c2ccc(F)cc2)C1. The summed E-state index contributed by atoms with van der Waals surface area (Å²) in [5, 5.41) is 2.98. The Morgan fingerprint density at radius 1 is 1.18 bits per heavy atom. The maximum atomic E-state index is 13.1. The molecule has 1 aliphatic rings. The van der Waals surface area contributed by atoms with Gasteiger partial charge in [-0.25, -0.2) is 9.18 Å². The lowest BCUT2D eigenvalue weighted by Gasteiger charge is -2.18. The molecule has 1 atom stereocenters. The van der Waals surface area contributed by atoms with Crippen LogP contribution in [0, 0.1) is 11.7 Å². The monoisotopic (exact) mass is 382 g/mol. The Morgan fingerprint density at radius 3 is 2.79 bits per heavy atom. The predicted molar refractivity (Wildman–Crippen MR) is 107 cm³/mol. The molecule has 1 amide bonds. The molecule has 146 valence electrons. The number of aromatic nitrogens is 2. The van der Waals surface area contributed by atoms with E-state index >= 15 is 0 Å². The Balaban J connectivity index is 1.26. The summed E-state index contributed by atoms with van der Waals surface area (Å²) >= 11 is 0. The molecule has 28 heavy (non-hydrogen) atoms. The van der Waals surface area contributed by atoms with E-state index in [9.17, 15) is 14.0 Å². The van der Waals surface area contributed by atoms with Gasteiger partial charge in [0.2, 0.25) is 5.91 Å². The topological polar surface area (TPSA) is 70.1 Å². The number of nitrogens with zero attached hydrogens (tertiary/aromatic N) is 2. The zero-order valence-corrected chi connectivity index (χ0v) is 15.5. The summed E-state index contributed by atoms with van der Waals surface area (Å²) in [4.78, 5) is 29.3. The molecule has 0 spiro atoms. The average molecular weight is 382 g/mol. The Hall–Kier alpha value is -3.09. The lowest BCUT2D eigenvalue weighted by molar-refractivity contribution is -0.121. The zero-order valence-electron chi connectivity index (χ0n) is 15.5. The second kappa shape index (κ2) is 7.88. The van der Waals surface area contributed by atoms with E-state index in [0.29, 0.717) is 19.0 Å². The number of aryl methyl sites for hydroxylation is 1. The molecule has 2 N–H and O–H groups in total. The molecule has 7 heteroatoms. The largest absolute Gasteiger partial charge is 0.371 e. The zero-order chi connectivity index (χ0) is 19.5. The van der Waals surface area contributed by atoms with Crippen molar-refractivity contribution in [2.75, 3.05) is 24.5 Å². The number of anilines is 1. The van der Waals surface area contributed by atoms with Gasteiger partial charge in [-0.3, -0.25) is 9.36 Å². The van der Waals surface area contributed by atoms with Crippen molar-refractivity contribution in [3.8, 4) is 0 Å². The van der Waals surface area contributed by atoms with E-state index in [1.165, 1.54) is 12.1 Å². The van der Waals surface area contributed by atoms with Crippen LogP contribution in [0.2, 0.25) is 0 Å². The summed E-state index contributed by atoms with van der Waals surface area (Å²) in [6.45, 7) is 2.70. The van der Waals surface area contributed by atoms with Gasteiger partial charge >= 0.3 is 5.69 Å². The van der Waals surface area contributed by atoms with E-state index in [4.69, 9.17) is 0 Å². The molecule has 2 aromatic carbocycles. The molecule has 1 aliphatic heterocycles. The molecule has 4 rings (SSSR count). The quantitative estimate of drug-likeness (QED) is 0.688. The van der Waals surface area contributed by atoms with Crippen LogP contribution in [0.4, 0.5) is 10.1 Å². The second-order valence-corrected chi connectivity index (χ2v) is 7.23. The number of carbonyl (C=O) groups excluding carboxylic acids is 1. The molecule has 0 radical (unpaired) electrons. The van der Waals surface area contributed by atoms with Crippen molar-refractivity contribution in [3.05, 3.63) is 64.8 Å². The molecule has 2 heterocycles. The smallest absolute Gasteiger partial charge is 0.326 e. The third kappa shape index (κ3) is 3.93. The number of aromatic amines is 1. The maximum Gasteiger partial charge on any atom is 0.326 e. The normalized spacial score (nSPS) is 16.6. The molecular formula is C21H23FN4O2. The number of amides is 1. The van der Waals surface area contributed by atoms with Gasteiger partial charge in [0.1, 0.15) is 5.82 Å². The Kier molecular flexibility index (Phi) is 5.14. The number of hydrogen-bond acceptors (Lipinski definition) is 3. The molecule has 1 saturated heterocycles. The maximum absolute atomic E-state index is 13.1. The van der Waals surface area contributed by atoms with Crippen LogP contribution in [0.15, 0.2) is 53.3 Å². The second-order valence-electron chi connectivity index (χ2n) is 7.23.